The molecule has 1 amide bonds. The van der Waals surface area contributed by atoms with Gasteiger partial charge in [0.05, 0.1) is 6.04 Å². The zero-order valence-electron chi connectivity index (χ0n) is 12.7. The van der Waals surface area contributed by atoms with Crippen molar-refractivity contribution in [2.24, 2.45) is 11.8 Å². The lowest BCUT2D eigenvalue weighted by atomic mass is 9.88. The Labute approximate surface area is 143 Å². The van der Waals surface area contributed by atoms with Crippen molar-refractivity contribution in [3.05, 3.63) is 22.4 Å². The third-order valence-corrected chi connectivity index (χ3v) is 4.87. The molecule has 0 saturated carbocycles. The Morgan fingerprint density at radius 2 is 2.14 bits per heavy atom. The Morgan fingerprint density at radius 3 is 2.57 bits per heavy atom. The van der Waals surface area contributed by atoms with Crippen molar-refractivity contribution in [1.82, 2.24) is 15.5 Å². The molecule has 0 radical (unpaired) electrons. The van der Waals surface area contributed by atoms with Crippen molar-refractivity contribution in [3.8, 4) is 0 Å². The van der Waals surface area contributed by atoms with Crippen molar-refractivity contribution < 1.29 is 4.79 Å². The van der Waals surface area contributed by atoms with Gasteiger partial charge < -0.3 is 15.5 Å². The number of amides is 1. The van der Waals surface area contributed by atoms with Crippen molar-refractivity contribution in [3.63, 3.8) is 0 Å². The van der Waals surface area contributed by atoms with Crippen molar-refractivity contribution >= 4 is 42.1 Å². The number of nitrogens with zero attached hydrogens (tertiary/aromatic N) is 1. The molecule has 1 aromatic heterocycles. The van der Waals surface area contributed by atoms with Gasteiger partial charge in [-0.15, -0.1) is 36.2 Å². The van der Waals surface area contributed by atoms with Gasteiger partial charge in [0, 0.05) is 17.3 Å². The highest BCUT2D eigenvalue weighted by Gasteiger charge is 2.29. The molecule has 4 nitrogen and oxygen atoms in total. The van der Waals surface area contributed by atoms with Crippen LogP contribution in [0.3, 0.4) is 0 Å². The normalized spacial score (nSPS) is 17.1. The lowest BCUT2D eigenvalue weighted by Gasteiger charge is -2.32. The van der Waals surface area contributed by atoms with E-state index in [2.05, 4.69) is 47.1 Å². The minimum absolute atomic E-state index is 0. The van der Waals surface area contributed by atoms with Crippen LogP contribution in [0.1, 0.15) is 17.8 Å². The number of hydrogen-bond acceptors (Lipinski definition) is 4. The van der Waals surface area contributed by atoms with E-state index in [0.29, 0.717) is 12.5 Å². The molecule has 1 aromatic rings. The van der Waals surface area contributed by atoms with E-state index in [1.165, 1.54) is 4.88 Å². The highest BCUT2D eigenvalue weighted by Crippen LogP contribution is 2.23. The molecule has 21 heavy (non-hydrogen) atoms. The Hall–Kier alpha value is -0.330. The molecule has 2 atom stereocenters. The highest BCUT2D eigenvalue weighted by atomic mass is 35.5. The minimum atomic E-state index is 0. The van der Waals surface area contributed by atoms with Gasteiger partial charge in [-0.05, 0) is 44.5 Å². The van der Waals surface area contributed by atoms with Gasteiger partial charge in [-0.2, -0.15) is 0 Å². The fourth-order valence-corrected chi connectivity index (χ4v) is 3.18. The maximum atomic E-state index is 12.1. The summed E-state index contributed by atoms with van der Waals surface area (Å²) in [5.41, 5.74) is 0. The minimum Gasteiger partial charge on any atom is -0.354 e. The first-order valence-electron chi connectivity index (χ1n) is 6.78. The Balaban J connectivity index is 0.00000200. The number of thiophene rings is 1. The van der Waals surface area contributed by atoms with Crippen LogP contribution in [-0.2, 0) is 4.79 Å². The fourth-order valence-electron chi connectivity index (χ4n) is 2.26. The van der Waals surface area contributed by atoms with Crippen LogP contribution in [0.15, 0.2) is 17.5 Å². The number of hydrogen-bond donors (Lipinski definition) is 2. The highest BCUT2D eigenvalue weighted by molar-refractivity contribution is 7.10. The second kappa shape index (κ2) is 9.64. The molecule has 0 aliphatic carbocycles. The van der Waals surface area contributed by atoms with Crippen LogP contribution in [0.2, 0.25) is 0 Å². The maximum Gasteiger partial charge on any atom is 0.223 e. The summed E-state index contributed by atoms with van der Waals surface area (Å²) in [5.74, 6) is 0.779. The Bertz CT molecular complexity index is 410. The molecule has 2 rings (SSSR count). The first-order valence-corrected chi connectivity index (χ1v) is 7.66. The van der Waals surface area contributed by atoms with E-state index in [1.807, 2.05) is 6.92 Å². The molecule has 122 valence electrons. The summed E-state index contributed by atoms with van der Waals surface area (Å²) in [4.78, 5) is 15.6. The first kappa shape index (κ1) is 20.7. The third-order valence-electron chi connectivity index (χ3n) is 3.90. The molecule has 7 heteroatoms. The average molecular weight is 354 g/mol. The van der Waals surface area contributed by atoms with Gasteiger partial charge in [0.25, 0.3) is 0 Å². The van der Waals surface area contributed by atoms with Gasteiger partial charge in [-0.1, -0.05) is 13.0 Å². The standard InChI is InChI=1S/C14H23N3OS.2ClH/c1-10(11-7-15-8-11)14(18)16-9-12(17(2)3)13-5-4-6-19-13;;/h4-6,10-12,15H,7-9H2,1-3H3,(H,16,18);2*1H. The van der Waals surface area contributed by atoms with Gasteiger partial charge in [-0.3, -0.25) is 4.79 Å². The Kier molecular flexibility index (Phi) is 9.49. The van der Waals surface area contributed by atoms with Gasteiger partial charge >= 0.3 is 0 Å². The summed E-state index contributed by atoms with van der Waals surface area (Å²) >= 11 is 1.74. The van der Waals surface area contributed by atoms with Gasteiger partial charge in [0.2, 0.25) is 5.91 Å². The van der Waals surface area contributed by atoms with E-state index >= 15 is 0 Å². The molecular weight excluding hydrogens is 329 g/mol. The molecule has 1 fully saturated rings. The van der Waals surface area contributed by atoms with E-state index in [1.54, 1.807) is 11.3 Å². The fraction of sp³-hybridized carbons (Fsp3) is 0.643. The summed E-state index contributed by atoms with van der Waals surface area (Å²) in [7, 11) is 4.10. The van der Waals surface area contributed by atoms with E-state index in [4.69, 9.17) is 0 Å². The molecule has 1 aliphatic rings. The van der Waals surface area contributed by atoms with Crippen LogP contribution in [0.4, 0.5) is 0 Å². The first-order chi connectivity index (χ1) is 9.09. The number of carbonyl (C=O) groups is 1. The predicted octanol–water partition coefficient (Wildman–Crippen LogP) is 2.17. The number of rotatable bonds is 6. The molecule has 2 unspecified atom stereocenters. The van der Waals surface area contributed by atoms with Crippen LogP contribution >= 0.6 is 36.2 Å². The number of likely N-dealkylation sites (N-methyl/N-ethyl adjacent to an activating group) is 1. The molecule has 2 heterocycles. The lowest BCUT2D eigenvalue weighted by molar-refractivity contribution is -0.126. The monoisotopic (exact) mass is 353 g/mol. The maximum absolute atomic E-state index is 12.1. The molecule has 1 saturated heterocycles. The summed E-state index contributed by atoms with van der Waals surface area (Å²) in [6, 6.07) is 4.44. The van der Waals surface area contributed by atoms with Crippen molar-refractivity contribution in [2.45, 2.75) is 13.0 Å². The largest absolute Gasteiger partial charge is 0.354 e. The Morgan fingerprint density at radius 1 is 1.48 bits per heavy atom. The van der Waals surface area contributed by atoms with Gasteiger partial charge in [0.15, 0.2) is 0 Å². The van der Waals surface area contributed by atoms with Crippen LogP contribution in [-0.4, -0.2) is 44.5 Å². The van der Waals surface area contributed by atoms with Crippen molar-refractivity contribution in [1.29, 1.82) is 0 Å². The summed E-state index contributed by atoms with van der Waals surface area (Å²) in [6.45, 7) is 4.64. The van der Waals surface area contributed by atoms with Crippen LogP contribution in [0.5, 0.6) is 0 Å². The summed E-state index contributed by atoms with van der Waals surface area (Å²) in [6.07, 6.45) is 0. The zero-order chi connectivity index (χ0) is 13.8. The van der Waals surface area contributed by atoms with Gasteiger partial charge in [-0.25, -0.2) is 0 Å². The van der Waals surface area contributed by atoms with E-state index in [0.717, 1.165) is 13.1 Å². The SMILES string of the molecule is CC(C(=O)NCC(c1cccs1)N(C)C)C1CNC1.Cl.Cl. The van der Waals surface area contributed by atoms with Crippen LogP contribution in [0.25, 0.3) is 0 Å². The van der Waals surface area contributed by atoms with Crippen LogP contribution in [0, 0.1) is 11.8 Å². The van der Waals surface area contributed by atoms with Crippen LogP contribution < -0.4 is 10.6 Å². The number of halogens is 2. The molecular formula is C14H25Cl2N3OS. The second-order valence-electron chi connectivity index (χ2n) is 5.45. The smallest absolute Gasteiger partial charge is 0.223 e. The van der Waals surface area contributed by atoms with E-state index < -0.39 is 0 Å². The quantitative estimate of drug-likeness (QED) is 0.823. The lowest BCUT2D eigenvalue weighted by Crippen LogP contribution is -2.50. The molecule has 0 bridgehead atoms. The number of carbonyl (C=O) groups excluding carboxylic acids is 1. The zero-order valence-corrected chi connectivity index (χ0v) is 15.1. The molecule has 2 N–H and O–H groups in total. The molecule has 1 aliphatic heterocycles. The summed E-state index contributed by atoms with van der Waals surface area (Å²) < 4.78 is 0. The molecule has 0 spiro atoms. The average Bonchev–Trinajstić information content (AvgIpc) is 2.79. The molecule has 0 aromatic carbocycles. The number of nitrogens with one attached hydrogen (secondary N) is 2. The van der Waals surface area contributed by atoms with Crippen molar-refractivity contribution in [2.75, 3.05) is 33.7 Å². The topological polar surface area (TPSA) is 44.4 Å². The van der Waals surface area contributed by atoms with E-state index in [-0.39, 0.29) is 42.7 Å². The predicted molar refractivity (Wildman–Crippen MR) is 93.8 cm³/mol. The summed E-state index contributed by atoms with van der Waals surface area (Å²) in [5, 5.41) is 8.40. The third kappa shape index (κ3) is 5.42. The van der Waals surface area contributed by atoms with E-state index in [9.17, 15) is 4.79 Å². The second-order valence-corrected chi connectivity index (χ2v) is 6.43. The van der Waals surface area contributed by atoms with Gasteiger partial charge in [0.1, 0.15) is 0 Å².